The zero-order valence-electron chi connectivity index (χ0n) is 9.56. The minimum Gasteiger partial charge on any atom is -0.436 e. The van der Waals surface area contributed by atoms with Crippen LogP contribution in [0.4, 0.5) is 0 Å². The van der Waals surface area contributed by atoms with E-state index < -0.39 is 0 Å². The Morgan fingerprint density at radius 3 is 2.83 bits per heavy atom. The van der Waals surface area contributed by atoms with Gasteiger partial charge in [-0.25, -0.2) is 4.98 Å². The number of para-hydroxylation sites is 2. The molecule has 0 spiro atoms. The van der Waals surface area contributed by atoms with Crippen LogP contribution in [0.25, 0.3) is 22.6 Å². The van der Waals surface area contributed by atoms with Crippen molar-refractivity contribution in [2.45, 2.75) is 11.2 Å². The Hall–Kier alpha value is -1.61. The molecule has 0 N–H and O–H groups in total. The van der Waals surface area contributed by atoms with Crippen molar-refractivity contribution in [3.05, 3.63) is 53.6 Å². The molecule has 88 valence electrons. The lowest BCUT2D eigenvalue weighted by atomic mass is 9.84. The number of benzene rings is 2. The molecule has 1 atom stereocenters. The Morgan fingerprint density at radius 1 is 1.11 bits per heavy atom. The van der Waals surface area contributed by atoms with E-state index in [1.807, 2.05) is 24.3 Å². The lowest BCUT2D eigenvalue weighted by molar-refractivity contribution is 0.617. The van der Waals surface area contributed by atoms with Crippen LogP contribution < -0.4 is 0 Å². The fourth-order valence-corrected chi connectivity index (χ4v) is 3.39. The van der Waals surface area contributed by atoms with Crippen molar-refractivity contribution in [1.82, 2.24) is 4.98 Å². The Labute approximate surface area is 113 Å². The quantitative estimate of drug-likeness (QED) is 0.619. The number of aromatic nitrogens is 1. The highest BCUT2D eigenvalue weighted by atomic mass is 79.9. The predicted octanol–water partition coefficient (Wildman–Crippen LogP) is 4.49. The van der Waals surface area contributed by atoms with E-state index in [0.29, 0.717) is 4.83 Å². The molecule has 0 amide bonds. The van der Waals surface area contributed by atoms with Gasteiger partial charge in [-0.1, -0.05) is 40.2 Å². The summed E-state index contributed by atoms with van der Waals surface area (Å²) < 4.78 is 5.84. The van der Waals surface area contributed by atoms with Gasteiger partial charge >= 0.3 is 0 Å². The van der Waals surface area contributed by atoms with E-state index in [2.05, 4.69) is 39.1 Å². The Bertz CT molecular complexity index is 714. The van der Waals surface area contributed by atoms with Gasteiger partial charge in [-0.3, -0.25) is 0 Å². The molecule has 1 aromatic heterocycles. The molecule has 1 aliphatic rings. The van der Waals surface area contributed by atoms with Crippen molar-refractivity contribution in [2.75, 3.05) is 0 Å². The first-order valence-corrected chi connectivity index (χ1v) is 6.86. The second-order valence-electron chi connectivity index (χ2n) is 4.54. The second kappa shape index (κ2) is 3.69. The minimum atomic E-state index is 0.429. The van der Waals surface area contributed by atoms with Crippen LogP contribution in [-0.2, 0) is 6.42 Å². The van der Waals surface area contributed by atoms with Gasteiger partial charge in [0.05, 0.1) is 0 Å². The Balaban J connectivity index is 1.95. The van der Waals surface area contributed by atoms with Crippen LogP contribution in [0.1, 0.15) is 16.0 Å². The smallest absolute Gasteiger partial charge is 0.227 e. The van der Waals surface area contributed by atoms with E-state index in [9.17, 15) is 0 Å². The molecule has 0 bridgehead atoms. The molecule has 2 nitrogen and oxygen atoms in total. The highest BCUT2D eigenvalue weighted by Gasteiger charge is 2.28. The fourth-order valence-electron chi connectivity index (χ4n) is 2.50. The Kier molecular flexibility index (Phi) is 2.12. The number of rotatable bonds is 1. The van der Waals surface area contributed by atoms with Crippen molar-refractivity contribution in [1.29, 1.82) is 0 Å². The van der Waals surface area contributed by atoms with Gasteiger partial charge in [0.1, 0.15) is 5.52 Å². The molecule has 18 heavy (non-hydrogen) atoms. The standard InChI is InChI=1S/C15H10BrNO/c16-11-8-9-4-3-5-10(14(9)11)15-17-12-6-1-2-7-13(12)18-15/h1-7,11H,8H2. The van der Waals surface area contributed by atoms with E-state index in [4.69, 9.17) is 4.42 Å². The molecular weight excluding hydrogens is 290 g/mol. The summed E-state index contributed by atoms with van der Waals surface area (Å²) in [6.07, 6.45) is 1.09. The van der Waals surface area contributed by atoms with Crippen LogP contribution in [0.3, 0.4) is 0 Å². The fraction of sp³-hybridized carbons (Fsp3) is 0.133. The van der Waals surface area contributed by atoms with Crippen molar-refractivity contribution >= 4 is 27.0 Å². The summed E-state index contributed by atoms with van der Waals surface area (Å²) in [5.41, 5.74) is 5.57. The molecule has 0 radical (unpaired) electrons. The normalized spacial score (nSPS) is 17.5. The highest BCUT2D eigenvalue weighted by Crippen LogP contribution is 2.45. The molecule has 4 rings (SSSR count). The monoisotopic (exact) mass is 299 g/mol. The minimum absolute atomic E-state index is 0.429. The highest BCUT2D eigenvalue weighted by molar-refractivity contribution is 9.09. The number of halogens is 1. The van der Waals surface area contributed by atoms with Gasteiger partial charge in [0.15, 0.2) is 5.58 Å². The maximum absolute atomic E-state index is 5.84. The van der Waals surface area contributed by atoms with Crippen molar-refractivity contribution in [3.63, 3.8) is 0 Å². The third-order valence-electron chi connectivity index (χ3n) is 3.43. The van der Waals surface area contributed by atoms with Crippen molar-refractivity contribution < 1.29 is 4.42 Å². The average molecular weight is 300 g/mol. The topological polar surface area (TPSA) is 26.0 Å². The third-order valence-corrected chi connectivity index (χ3v) is 4.21. The van der Waals surface area contributed by atoms with Gasteiger partial charge < -0.3 is 4.42 Å². The van der Waals surface area contributed by atoms with Crippen LogP contribution in [0.5, 0.6) is 0 Å². The first kappa shape index (κ1) is 10.3. The van der Waals surface area contributed by atoms with E-state index in [-0.39, 0.29) is 0 Å². The van der Waals surface area contributed by atoms with Gasteiger partial charge in [0.2, 0.25) is 5.89 Å². The number of oxazole rings is 1. The molecule has 1 aliphatic carbocycles. The summed E-state index contributed by atoms with van der Waals surface area (Å²) in [6.45, 7) is 0. The van der Waals surface area contributed by atoms with E-state index in [1.54, 1.807) is 0 Å². The van der Waals surface area contributed by atoms with Crippen LogP contribution in [0, 0.1) is 0 Å². The summed E-state index contributed by atoms with van der Waals surface area (Å²) in [6, 6.07) is 14.2. The van der Waals surface area contributed by atoms with Crippen molar-refractivity contribution in [2.24, 2.45) is 0 Å². The van der Waals surface area contributed by atoms with Gasteiger partial charge in [-0.05, 0) is 35.7 Å². The number of fused-ring (bicyclic) bond motifs is 2. The van der Waals surface area contributed by atoms with E-state index in [0.717, 1.165) is 29.0 Å². The summed E-state index contributed by atoms with van der Waals surface area (Å²) in [7, 11) is 0. The second-order valence-corrected chi connectivity index (χ2v) is 5.64. The molecule has 1 heterocycles. The SMILES string of the molecule is BrC1Cc2cccc(-c3nc4ccccc4o3)c21. The molecule has 3 aromatic rings. The average Bonchev–Trinajstić information content (AvgIpc) is 2.80. The maximum atomic E-state index is 5.84. The summed E-state index contributed by atoms with van der Waals surface area (Å²) in [5.74, 6) is 0.720. The number of nitrogens with zero attached hydrogens (tertiary/aromatic N) is 1. The lowest BCUT2D eigenvalue weighted by Gasteiger charge is -2.27. The maximum Gasteiger partial charge on any atom is 0.227 e. The number of alkyl halides is 1. The molecule has 1 unspecified atom stereocenters. The van der Waals surface area contributed by atoms with E-state index >= 15 is 0 Å². The lowest BCUT2D eigenvalue weighted by Crippen LogP contribution is -2.12. The van der Waals surface area contributed by atoms with Gasteiger partial charge in [0.25, 0.3) is 0 Å². The predicted molar refractivity (Wildman–Crippen MR) is 74.8 cm³/mol. The van der Waals surface area contributed by atoms with Crippen LogP contribution in [0.2, 0.25) is 0 Å². The molecule has 0 saturated carbocycles. The molecule has 3 heteroatoms. The molecular formula is C15H10BrNO. The zero-order chi connectivity index (χ0) is 12.1. The first-order valence-electron chi connectivity index (χ1n) is 5.95. The molecule has 0 aliphatic heterocycles. The van der Waals surface area contributed by atoms with Crippen molar-refractivity contribution in [3.8, 4) is 11.5 Å². The zero-order valence-corrected chi connectivity index (χ0v) is 11.1. The first-order chi connectivity index (χ1) is 8.83. The molecule has 2 aromatic carbocycles. The van der Waals surface area contributed by atoms with Gasteiger partial charge in [0, 0.05) is 10.4 Å². The van der Waals surface area contributed by atoms with Crippen LogP contribution in [0.15, 0.2) is 46.9 Å². The largest absolute Gasteiger partial charge is 0.436 e. The van der Waals surface area contributed by atoms with Crippen LogP contribution >= 0.6 is 15.9 Å². The summed E-state index contributed by atoms with van der Waals surface area (Å²) in [5, 5.41) is 0. The van der Waals surface area contributed by atoms with Gasteiger partial charge in [-0.15, -0.1) is 0 Å². The molecule has 0 saturated heterocycles. The third kappa shape index (κ3) is 1.37. The van der Waals surface area contributed by atoms with Crippen LogP contribution in [-0.4, -0.2) is 4.98 Å². The Morgan fingerprint density at radius 2 is 2.00 bits per heavy atom. The van der Waals surface area contributed by atoms with E-state index in [1.165, 1.54) is 11.1 Å². The van der Waals surface area contributed by atoms with Gasteiger partial charge in [-0.2, -0.15) is 0 Å². The summed E-state index contributed by atoms with van der Waals surface area (Å²) in [4.78, 5) is 5.00. The number of hydrogen-bond donors (Lipinski definition) is 0. The molecule has 0 fully saturated rings. The number of hydrogen-bond acceptors (Lipinski definition) is 2. The summed E-state index contributed by atoms with van der Waals surface area (Å²) >= 11 is 3.68.